The van der Waals surface area contributed by atoms with Gasteiger partial charge >= 0.3 is 0 Å². The summed E-state index contributed by atoms with van der Waals surface area (Å²) in [6, 6.07) is 3.87. The van der Waals surface area contributed by atoms with Crippen LogP contribution in [0.15, 0.2) is 12.1 Å². The van der Waals surface area contributed by atoms with Crippen LogP contribution in [0, 0.1) is 12.3 Å². The lowest BCUT2D eigenvalue weighted by Gasteiger charge is -2.18. The molecule has 1 amide bonds. The number of hydrogen-bond donors (Lipinski definition) is 1. The molecular weight excluding hydrogens is 242 g/mol. The predicted octanol–water partition coefficient (Wildman–Crippen LogP) is 2.67. The number of carbonyl (C=O) groups excluding carboxylic acids is 1. The van der Waals surface area contributed by atoms with E-state index in [0.717, 1.165) is 16.9 Å². The van der Waals surface area contributed by atoms with Crippen molar-refractivity contribution < 1.29 is 14.3 Å². The van der Waals surface area contributed by atoms with Crippen molar-refractivity contribution in [1.29, 1.82) is 0 Å². The zero-order valence-corrected chi connectivity index (χ0v) is 12.6. The third kappa shape index (κ3) is 3.88. The highest BCUT2D eigenvalue weighted by Crippen LogP contribution is 2.31. The number of amides is 1. The first-order valence-electron chi connectivity index (χ1n) is 6.29. The first-order chi connectivity index (χ1) is 8.79. The minimum atomic E-state index is -0.383. The topological polar surface area (TPSA) is 47.6 Å². The van der Waals surface area contributed by atoms with Gasteiger partial charge in [-0.25, -0.2) is 0 Å². The Bertz CT molecular complexity index is 461. The molecule has 0 bridgehead atoms. The highest BCUT2D eigenvalue weighted by molar-refractivity contribution is 5.81. The third-order valence-electron chi connectivity index (χ3n) is 2.86. The number of hydrogen-bond acceptors (Lipinski definition) is 3. The highest BCUT2D eigenvalue weighted by atomic mass is 16.5. The second-order valence-corrected chi connectivity index (χ2v) is 5.58. The average molecular weight is 265 g/mol. The summed E-state index contributed by atoms with van der Waals surface area (Å²) in [6.45, 7) is 8.11. The molecule has 1 aromatic carbocycles. The molecule has 4 heteroatoms. The summed E-state index contributed by atoms with van der Waals surface area (Å²) in [5.74, 6) is 1.44. The van der Waals surface area contributed by atoms with E-state index < -0.39 is 0 Å². The maximum absolute atomic E-state index is 11.8. The van der Waals surface area contributed by atoms with Gasteiger partial charge in [-0.3, -0.25) is 4.79 Å². The second kappa shape index (κ2) is 5.95. The van der Waals surface area contributed by atoms with Gasteiger partial charge in [-0.05, 0) is 24.1 Å². The lowest BCUT2D eigenvalue weighted by molar-refractivity contribution is -0.128. The third-order valence-corrected chi connectivity index (χ3v) is 2.86. The summed E-state index contributed by atoms with van der Waals surface area (Å²) in [5.41, 5.74) is 1.60. The van der Waals surface area contributed by atoms with Crippen LogP contribution in [0.2, 0.25) is 0 Å². The molecule has 4 nitrogen and oxygen atoms in total. The van der Waals surface area contributed by atoms with Crippen molar-refractivity contribution in [3.05, 3.63) is 23.3 Å². The highest BCUT2D eigenvalue weighted by Gasteiger charge is 2.20. The number of benzene rings is 1. The molecule has 0 heterocycles. The Labute approximate surface area is 115 Å². The van der Waals surface area contributed by atoms with Crippen LogP contribution in [-0.2, 0) is 11.3 Å². The molecule has 0 saturated heterocycles. The number of nitrogens with one attached hydrogen (secondary N) is 1. The Morgan fingerprint density at radius 3 is 2.32 bits per heavy atom. The van der Waals surface area contributed by atoms with E-state index in [9.17, 15) is 4.79 Å². The summed E-state index contributed by atoms with van der Waals surface area (Å²) < 4.78 is 10.6. The molecule has 19 heavy (non-hydrogen) atoms. The molecule has 106 valence electrons. The van der Waals surface area contributed by atoms with Gasteiger partial charge in [0.2, 0.25) is 5.91 Å². The van der Waals surface area contributed by atoms with E-state index in [1.54, 1.807) is 14.2 Å². The van der Waals surface area contributed by atoms with E-state index >= 15 is 0 Å². The molecule has 0 unspecified atom stereocenters. The molecule has 0 saturated carbocycles. The van der Waals surface area contributed by atoms with Crippen molar-refractivity contribution >= 4 is 5.91 Å². The Kier molecular flexibility index (Phi) is 4.81. The standard InChI is InChI=1S/C15H23NO3/c1-10-7-11(8-12(18-5)13(10)19-6)9-16-14(17)15(2,3)4/h7-8H,9H2,1-6H3,(H,16,17). The average Bonchev–Trinajstić information content (AvgIpc) is 2.33. The van der Waals surface area contributed by atoms with E-state index in [1.165, 1.54) is 0 Å². The van der Waals surface area contributed by atoms with Gasteiger partial charge in [0.1, 0.15) is 0 Å². The second-order valence-electron chi connectivity index (χ2n) is 5.58. The fourth-order valence-electron chi connectivity index (χ4n) is 1.78. The van der Waals surface area contributed by atoms with Gasteiger partial charge in [0.15, 0.2) is 11.5 Å². The minimum Gasteiger partial charge on any atom is -0.493 e. The molecule has 1 aromatic rings. The Balaban J connectivity index is 2.86. The number of rotatable bonds is 4. The summed E-state index contributed by atoms with van der Waals surface area (Å²) >= 11 is 0. The van der Waals surface area contributed by atoms with Gasteiger partial charge in [-0.15, -0.1) is 0 Å². The Morgan fingerprint density at radius 2 is 1.84 bits per heavy atom. The van der Waals surface area contributed by atoms with Gasteiger partial charge in [-0.2, -0.15) is 0 Å². The minimum absolute atomic E-state index is 0.0277. The maximum Gasteiger partial charge on any atom is 0.225 e. The van der Waals surface area contributed by atoms with Crippen molar-refractivity contribution in [2.24, 2.45) is 5.41 Å². The van der Waals surface area contributed by atoms with Crippen LogP contribution in [0.4, 0.5) is 0 Å². The quantitative estimate of drug-likeness (QED) is 0.910. The normalized spacial score (nSPS) is 11.1. The molecule has 0 aliphatic carbocycles. The van der Waals surface area contributed by atoms with E-state index in [4.69, 9.17) is 9.47 Å². The number of ether oxygens (including phenoxy) is 2. The van der Waals surface area contributed by atoms with Crippen molar-refractivity contribution in [1.82, 2.24) is 5.32 Å². The molecule has 0 aliphatic rings. The molecule has 0 spiro atoms. The van der Waals surface area contributed by atoms with Crippen LogP contribution < -0.4 is 14.8 Å². The number of methoxy groups -OCH3 is 2. The molecule has 0 aromatic heterocycles. The smallest absolute Gasteiger partial charge is 0.225 e. The van der Waals surface area contributed by atoms with Crippen LogP contribution in [0.5, 0.6) is 11.5 Å². The van der Waals surface area contributed by atoms with Gasteiger partial charge in [-0.1, -0.05) is 26.8 Å². The molecule has 0 aliphatic heterocycles. The Hall–Kier alpha value is -1.71. The van der Waals surface area contributed by atoms with Crippen LogP contribution in [0.25, 0.3) is 0 Å². The van der Waals surface area contributed by atoms with Gasteiger partial charge < -0.3 is 14.8 Å². The predicted molar refractivity (Wildman–Crippen MR) is 75.6 cm³/mol. The molecule has 1 rings (SSSR count). The van der Waals surface area contributed by atoms with Crippen molar-refractivity contribution in [3.8, 4) is 11.5 Å². The first kappa shape index (κ1) is 15.3. The number of carbonyl (C=O) groups is 1. The van der Waals surface area contributed by atoms with Crippen LogP contribution in [0.1, 0.15) is 31.9 Å². The van der Waals surface area contributed by atoms with E-state index in [0.29, 0.717) is 12.3 Å². The molecular formula is C15H23NO3. The van der Waals surface area contributed by atoms with Gasteiger partial charge in [0, 0.05) is 12.0 Å². The Morgan fingerprint density at radius 1 is 1.21 bits per heavy atom. The van der Waals surface area contributed by atoms with Crippen LogP contribution >= 0.6 is 0 Å². The summed E-state index contributed by atoms with van der Waals surface area (Å²) in [6.07, 6.45) is 0. The van der Waals surface area contributed by atoms with E-state index in [1.807, 2.05) is 39.8 Å². The zero-order chi connectivity index (χ0) is 14.6. The fourth-order valence-corrected chi connectivity index (χ4v) is 1.78. The molecule has 0 radical (unpaired) electrons. The zero-order valence-electron chi connectivity index (χ0n) is 12.6. The summed E-state index contributed by atoms with van der Waals surface area (Å²) in [4.78, 5) is 11.8. The van der Waals surface area contributed by atoms with E-state index in [-0.39, 0.29) is 11.3 Å². The molecule has 0 atom stereocenters. The monoisotopic (exact) mass is 265 g/mol. The summed E-state index contributed by atoms with van der Waals surface area (Å²) in [5, 5.41) is 2.92. The first-order valence-corrected chi connectivity index (χ1v) is 6.29. The molecule has 0 fully saturated rings. The van der Waals surface area contributed by atoms with Crippen molar-refractivity contribution in [3.63, 3.8) is 0 Å². The van der Waals surface area contributed by atoms with Crippen molar-refractivity contribution in [2.75, 3.05) is 14.2 Å². The summed E-state index contributed by atoms with van der Waals surface area (Å²) in [7, 11) is 3.22. The van der Waals surface area contributed by atoms with E-state index in [2.05, 4.69) is 5.32 Å². The number of aryl methyl sites for hydroxylation is 1. The largest absolute Gasteiger partial charge is 0.493 e. The van der Waals surface area contributed by atoms with Crippen LogP contribution in [0.3, 0.4) is 0 Å². The van der Waals surface area contributed by atoms with Crippen molar-refractivity contribution in [2.45, 2.75) is 34.2 Å². The maximum atomic E-state index is 11.8. The van der Waals surface area contributed by atoms with Gasteiger partial charge in [0.05, 0.1) is 14.2 Å². The van der Waals surface area contributed by atoms with Gasteiger partial charge in [0.25, 0.3) is 0 Å². The molecule has 1 N–H and O–H groups in total. The van der Waals surface area contributed by atoms with Crippen LogP contribution in [-0.4, -0.2) is 20.1 Å². The SMILES string of the molecule is COc1cc(CNC(=O)C(C)(C)C)cc(C)c1OC. The fraction of sp³-hybridized carbons (Fsp3) is 0.533. The lowest BCUT2D eigenvalue weighted by atomic mass is 9.95. The lowest BCUT2D eigenvalue weighted by Crippen LogP contribution is -2.34.